The molecule has 184 valence electrons. The standard InChI is InChI=1S/C29H29ClN4O2/c1-34-24-10-6-5-9-23(24)25(21-7-3-2-4-8-21)32-26(27(34)35)33-28(36)29(15-17-31-18-16-29)19-20-11-13-22(30)14-12-20/h2-14,26,31H,15-19H2,1H3,(H,33,36)/t26-/m0/s1. The third-order valence-corrected chi connectivity index (χ3v) is 7.41. The highest BCUT2D eigenvalue weighted by Crippen LogP contribution is 2.34. The number of likely N-dealkylation sites (N-methyl/N-ethyl adjacent to an activating group) is 1. The van der Waals surface area contributed by atoms with E-state index in [1.54, 1.807) is 11.9 Å². The van der Waals surface area contributed by atoms with Gasteiger partial charge in [0.05, 0.1) is 16.8 Å². The summed E-state index contributed by atoms with van der Waals surface area (Å²) in [6.07, 6.45) is 0.896. The molecular formula is C29H29ClN4O2. The van der Waals surface area contributed by atoms with Crippen LogP contribution in [0.15, 0.2) is 83.9 Å². The monoisotopic (exact) mass is 500 g/mol. The number of nitrogens with one attached hydrogen (secondary N) is 2. The SMILES string of the molecule is CN1C(=O)[C@H](NC(=O)C2(Cc3ccc(Cl)cc3)CCNCC2)N=C(c2ccccc2)c2ccccc21. The molecule has 1 fully saturated rings. The van der Waals surface area contributed by atoms with E-state index in [9.17, 15) is 9.59 Å². The molecule has 7 heteroatoms. The molecule has 1 saturated heterocycles. The Kier molecular flexibility index (Phi) is 6.90. The minimum atomic E-state index is -1.03. The van der Waals surface area contributed by atoms with Crippen LogP contribution < -0.4 is 15.5 Å². The van der Waals surface area contributed by atoms with Crippen LogP contribution in [0.5, 0.6) is 0 Å². The number of para-hydroxylation sites is 1. The number of rotatable bonds is 5. The lowest BCUT2D eigenvalue weighted by Gasteiger charge is -2.37. The van der Waals surface area contributed by atoms with Crippen molar-refractivity contribution in [3.63, 3.8) is 0 Å². The summed E-state index contributed by atoms with van der Waals surface area (Å²) < 4.78 is 0. The van der Waals surface area contributed by atoms with E-state index in [2.05, 4.69) is 10.6 Å². The maximum atomic E-state index is 13.9. The lowest BCUT2D eigenvalue weighted by Crippen LogP contribution is -2.54. The Morgan fingerprint density at radius 1 is 1.03 bits per heavy atom. The Hall–Kier alpha value is -3.48. The van der Waals surface area contributed by atoms with Gasteiger partial charge < -0.3 is 15.5 Å². The van der Waals surface area contributed by atoms with Crippen molar-refractivity contribution in [2.24, 2.45) is 10.4 Å². The third kappa shape index (κ3) is 4.79. The summed E-state index contributed by atoms with van der Waals surface area (Å²) in [6.45, 7) is 1.48. The van der Waals surface area contributed by atoms with Crippen molar-refractivity contribution in [1.82, 2.24) is 10.6 Å². The Morgan fingerprint density at radius 2 is 1.69 bits per heavy atom. The van der Waals surface area contributed by atoms with Crippen molar-refractivity contribution in [3.8, 4) is 0 Å². The van der Waals surface area contributed by atoms with Gasteiger partial charge in [0.2, 0.25) is 12.1 Å². The van der Waals surface area contributed by atoms with E-state index >= 15 is 0 Å². The maximum absolute atomic E-state index is 13.9. The molecule has 3 aromatic carbocycles. The van der Waals surface area contributed by atoms with Crippen LogP contribution in [-0.2, 0) is 16.0 Å². The number of halogens is 1. The molecule has 0 bridgehead atoms. The topological polar surface area (TPSA) is 73.8 Å². The van der Waals surface area contributed by atoms with Gasteiger partial charge in [-0.15, -0.1) is 0 Å². The largest absolute Gasteiger partial charge is 0.326 e. The van der Waals surface area contributed by atoms with Crippen LogP contribution in [-0.4, -0.2) is 43.8 Å². The summed E-state index contributed by atoms with van der Waals surface area (Å²) in [5, 5.41) is 7.06. The van der Waals surface area contributed by atoms with E-state index in [0.29, 0.717) is 30.0 Å². The molecule has 0 unspecified atom stereocenters. The first-order chi connectivity index (χ1) is 17.5. The van der Waals surface area contributed by atoms with Crippen LogP contribution in [0, 0.1) is 5.41 Å². The number of aliphatic imine (C=N–C) groups is 1. The van der Waals surface area contributed by atoms with Gasteiger partial charge >= 0.3 is 0 Å². The summed E-state index contributed by atoms with van der Waals surface area (Å²) in [4.78, 5) is 34.0. The van der Waals surface area contributed by atoms with Crippen LogP contribution >= 0.6 is 11.6 Å². The molecule has 5 rings (SSSR count). The fraction of sp³-hybridized carbons (Fsp3) is 0.276. The highest BCUT2D eigenvalue weighted by molar-refractivity contribution is 6.30. The number of piperidine rings is 1. The van der Waals surface area contributed by atoms with Crippen molar-refractivity contribution in [2.45, 2.75) is 25.4 Å². The quantitative estimate of drug-likeness (QED) is 0.551. The average molecular weight is 501 g/mol. The molecule has 0 aliphatic carbocycles. The summed E-state index contributed by atoms with van der Waals surface area (Å²) in [7, 11) is 1.73. The molecule has 36 heavy (non-hydrogen) atoms. The smallest absolute Gasteiger partial charge is 0.272 e. The van der Waals surface area contributed by atoms with Crippen molar-refractivity contribution >= 4 is 34.8 Å². The molecule has 2 amide bonds. The van der Waals surface area contributed by atoms with Gasteiger partial charge in [-0.25, -0.2) is 4.99 Å². The van der Waals surface area contributed by atoms with E-state index in [1.807, 2.05) is 78.9 Å². The number of anilines is 1. The Balaban J connectivity index is 1.51. The summed E-state index contributed by atoms with van der Waals surface area (Å²) in [5.41, 5.74) is 3.60. The number of amides is 2. The fourth-order valence-electron chi connectivity index (χ4n) is 5.10. The number of benzodiazepines with no additional fused rings is 1. The van der Waals surface area contributed by atoms with Gasteiger partial charge in [-0.05, 0) is 56.1 Å². The lowest BCUT2D eigenvalue weighted by molar-refractivity contribution is -0.135. The average Bonchev–Trinajstić information content (AvgIpc) is 3.02. The molecule has 2 heterocycles. The van der Waals surface area contributed by atoms with Gasteiger partial charge in [0.1, 0.15) is 0 Å². The molecule has 2 aliphatic heterocycles. The van der Waals surface area contributed by atoms with Gasteiger partial charge in [-0.3, -0.25) is 9.59 Å². The van der Waals surface area contributed by atoms with E-state index in [1.165, 1.54) is 0 Å². The Morgan fingerprint density at radius 3 is 2.42 bits per heavy atom. The van der Waals surface area contributed by atoms with Crippen LogP contribution in [0.1, 0.15) is 29.5 Å². The summed E-state index contributed by atoms with van der Waals surface area (Å²) in [6, 6.07) is 25.1. The molecule has 0 aromatic heterocycles. The first kappa shape index (κ1) is 24.2. The van der Waals surface area contributed by atoms with Gasteiger partial charge in [-0.1, -0.05) is 72.3 Å². The van der Waals surface area contributed by atoms with E-state index in [0.717, 1.165) is 35.5 Å². The predicted octanol–water partition coefficient (Wildman–Crippen LogP) is 4.21. The number of benzene rings is 3. The highest BCUT2D eigenvalue weighted by atomic mass is 35.5. The first-order valence-electron chi connectivity index (χ1n) is 12.2. The number of nitrogens with zero attached hydrogens (tertiary/aromatic N) is 2. The normalized spacial score (nSPS) is 19.2. The van der Waals surface area contributed by atoms with Crippen molar-refractivity contribution in [1.29, 1.82) is 0 Å². The van der Waals surface area contributed by atoms with E-state index in [4.69, 9.17) is 16.6 Å². The molecule has 0 saturated carbocycles. The first-order valence-corrected chi connectivity index (χ1v) is 12.6. The highest BCUT2D eigenvalue weighted by Gasteiger charge is 2.42. The third-order valence-electron chi connectivity index (χ3n) is 7.16. The van der Waals surface area contributed by atoms with Gasteiger partial charge in [0.25, 0.3) is 5.91 Å². The molecule has 6 nitrogen and oxygen atoms in total. The molecular weight excluding hydrogens is 472 g/mol. The van der Waals surface area contributed by atoms with Crippen LogP contribution in [0.25, 0.3) is 0 Å². The van der Waals surface area contributed by atoms with E-state index < -0.39 is 11.6 Å². The van der Waals surface area contributed by atoms with Gasteiger partial charge in [-0.2, -0.15) is 0 Å². The van der Waals surface area contributed by atoms with Crippen molar-refractivity contribution in [3.05, 3.63) is 101 Å². The van der Waals surface area contributed by atoms with Crippen molar-refractivity contribution in [2.75, 3.05) is 25.0 Å². The maximum Gasteiger partial charge on any atom is 0.272 e. The molecule has 1 atom stereocenters. The van der Waals surface area contributed by atoms with Crippen LogP contribution in [0.3, 0.4) is 0 Å². The predicted molar refractivity (Wildman–Crippen MR) is 144 cm³/mol. The zero-order valence-corrected chi connectivity index (χ0v) is 21.0. The summed E-state index contributed by atoms with van der Waals surface area (Å²) in [5.74, 6) is -0.412. The second-order valence-electron chi connectivity index (χ2n) is 9.47. The number of fused-ring (bicyclic) bond motifs is 1. The number of carbonyl (C=O) groups excluding carboxylic acids is 2. The lowest BCUT2D eigenvalue weighted by atomic mass is 9.73. The number of hydrogen-bond acceptors (Lipinski definition) is 4. The molecule has 0 spiro atoms. The minimum Gasteiger partial charge on any atom is -0.326 e. The molecule has 2 aliphatic rings. The Labute approximate surface area is 216 Å². The zero-order valence-electron chi connectivity index (χ0n) is 20.2. The second-order valence-corrected chi connectivity index (χ2v) is 9.90. The zero-order chi connectivity index (χ0) is 25.1. The Bertz CT molecular complexity index is 1280. The van der Waals surface area contributed by atoms with E-state index in [-0.39, 0.29) is 11.8 Å². The molecule has 2 N–H and O–H groups in total. The van der Waals surface area contributed by atoms with Crippen LogP contribution in [0.4, 0.5) is 5.69 Å². The van der Waals surface area contributed by atoms with Crippen molar-refractivity contribution < 1.29 is 9.59 Å². The molecule has 0 radical (unpaired) electrons. The second kappa shape index (κ2) is 10.2. The summed E-state index contributed by atoms with van der Waals surface area (Å²) >= 11 is 6.08. The molecule has 3 aromatic rings. The van der Waals surface area contributed by atoms with Crippen LogP contribution in [0.2, 0.25) is 5.02 Å². The number of hydrogen-bond donors (Lipinski definition) is 2. The van der Waals surface area contributed by atoms with Gasteiger partial charge in [0.15, 0.2) is 0 Å². The minimum absolute atomic E-state index is 0.146. The van der Waals surface area contributed by atoms with Gasteiger partial charge in [0, 0.05) is 23.2 Å². The fourth-order valence-corrected chi connectivity index (χ4v) is 5.23. The number of carbonyl (C=O) groups is 2.